The van der Waals surface area contributed by atoms with E-state index >= 15 is 0 Å². The van der Waals surface area contributed by atoms with E-state index < -0.39 is 0 Å². The molecule has 1 unspecified atom stereocenters. The minimum Gasteiger partial charge on any atom is -0.301 e. The zero-order chi connectivity index (χ0) is 8.97. The molecule has 0 radical (unpaired) electrons. The Morgan fingerprint density at radius 3 is 2.67 bits per heavy atom. The summed E-state index contributed by atoms with van der Waals surface area (Å²) in [6.07, 6.45) is 3.35. The molecule has 0 amide bonds. The Bertz CT molecular complexity index is 169. The summed E-state index contributed by atoms with van der Waals surface area (Å²) in [6.45, 7) is 6.74. The van der Waals surface area contributed by atoms with Crippen LogP contribution in [0.4, 0.5) is 0 Å². The van der Waals surface area contributed by atoms with Crippen molar-refractivity contribution in [1.82, 2.24) is 4.90 Å². The Kier molecular flexibility index (Phi) is 3.55. The molecule has 0 N–H and O–H groups in total. The van der Waals surface area contributed by atoms with Gasteiger partial charge in [0, 0.05) is 12.0 Å². The molecule has 1 aliphatic heterocycles. The van der Waals surface area contributed by atoms with Crippen molar-refractivity contribution in [2.45, 2.75) is 39.2 Å². The van der Waals surface area contributed by atoms with Crippen LogP contribution in [0.15, 0.2) is 0 Å². The molecule has 0 aromatic heterocycles. The lowest BCUT2D eigenvalue weighted by Gasteiger charge is -2.23. The second-order valence-electron chi connectivity index (χ2n) is 3.89. The second kappa shape index (κ2) is 4.47. The van der Waals surface area contributed by atoms with Gasteiger partial charge in [-0.15, -0.1) is 0 Å². The average Bonchev–Trinajstić information content (AvgIpc) is 2.28. The van der Waals surface area contributed by atoms with E-state index in [-0.39, 0.29) is 0 Å². The van der Waals surface area contributed by atoms with Gasteiger partial charge in [0.1, 0.15) is 0 Å². The van der Waals surface area contributed by atoms with Gasteiger partial charge in [-0.05, 0) is 46.2 Å². The minimum absolute atomic E-state index is 0.314. The summed E-state index contributed by atoms with van der Waals surface area (Å²) < 4.78 is 0. The van der Waals surface area contributed by atoms with Crippen molar-refractivity contribution in [2.24, 2.45) is 5.92 Å². The first-order valence-electron chi connectivity index (χ1n) is 4.87. The maximum Gasteiger partial charge on any atom is 0.0656 e. The molecular weight excluding hydrogens is 148 g/mol. The fourth-order valence-electron chi connectivity index (χ4n) is 1.76. The molecule has 0 saturated carbocycles. The highest BCUT2D eigenvalue weighted by molar-refractivity contribution is 4.86. The molecule has 1 fully saturated rings. The largest absolute Gasteiger partial charge is 0.301 e. The maximum absolute atomic E-state index is 8.77. The number of rotatable bonds is 1. The molecule has 2 heteroatoms. The van der Waals surface area contributed by atoms with Crippen molar-refractivity contribution in [3.8, 4) is 6.07 Å². The van der Waals surface area contributed by atoms with Gasteiger partial charge in [0.05, 0.1) is 6.07 Å². The Hall–Kier alpha value is -0.550. The van der Waals surface area contributed by atoms with Gasteiger partial charge in [-0.25, -0.2) is 0 Å². The number of likely N-dealkylation sites (tertiary alicyclic amines) is 1. The number of hydrogen-bond donors (Lipinski definition) is 0. The Morgan fingerprint density at radius 2 is 2.08 bits per heavy atom. The van der Waals surface area contributed by atoms with Crippen LogP contribution in [0.3, 0.4) is 0 Å². The lowest BCUT2D eigenvalue weighted by molar-refractivity contribution is 0.229. The highest BCUT2D eigenvalue weighted by Crippen LogP contribution is 2.17. The van der Waals surface area contributed by atoms with Gasteiger partial charge in [0.2, 0.25) is 0 Å². The van der Waals surface area contributed by atoms with Gasteiger partial charge in [0.25, 0.3) is 0 Å². The SMILES string of the molecule is CC(C)N1CCCC(C#N)CC1. The zero-order valence-electron chi connectivity index (χ0n) is 8.08. The van der Waals surface area contributed by atoms with Crippen molar-refractivity contribution >= 4 is 0 Å². The average molecular weight is 166 g/mol. The standard InChI is InChI=1S/C10H18N2/c1-9(2)12-6-3-4-10(8-11)5-7-12/h9-10H,3-7H2,1-2H3. The fraction of sp³-hybridized carbons (Fsp3) is 0.900. The van der Waals surface area contributed by atoms with Crippen LogP contribution in [0.1, 0.15) is 33.1 Å². The van der Waals surface area contributed by atoms with E-state index in [1.54, 1.807) is 0 Å². The smallest absolute Gasteiger partial charge is 0.0656 e. The van der Waals surface area contributed by atoms with Gasteiger partial charge < -0.3 is 4.90 Å². The van der Waals surface area contributed by atoms with Crippen LogP contribution in [-0.2, 0) is 0 Å². The molecule has 0 spiro atoms. The van der Waals surface area contributed by atoms with Gasteiger partial charge >= 0.3 is 0 Å². The van der Waals surface area contributed by atoms with Crippen molar-refractivity contribution in [1.29, 1.82) is 5.26 Å². The van der Waals surface area contributed by atoms with Crippen molar-refractivity contribution in [2.75, 3.05) is 13.1 Å². The molecule has 0 aromatic rings. The highest BCUT2D eigenvalue weighted by Gasteiger charge is 2.17. The molecule has 1 aliphatic rings. The minimum atomic E-state index is 0.314. The molecule has 2 nitrogen and oxygen atoms in total. The molecular formula is C10H18N2. The molecule has 1 atom stereocenters. The quantitative estimate of drug-likeness (QED) is 0.596. The van der Waals surface area contributed by atoms with Gasteiger partial charge in [0.15, 0.2) is 0 Å². The lowest BCUT2D eigenvalue weighted by Crippen LogP contribution is -2.31. The number of hydrogen-bond acceptors (Lipinski definition) is 2. The van der Waals surface area contributed by atoms with Crippen molar-refractivity contribution in [3.63, 3.8) is 0 Å². The Morgan fingerprint density at radius 1 is 1.33 bits per heavy atom. The topological polar surface area (TPSA) is 27.0 Å². The van der Waals surface area contributed by atoms with E-state index in [0.717, 1.165) is 19.4 Å². The van der Waals surface area contributed by atoms with E-state index in [0.29, 0.717) is 12.0 Å². The first kappa shape index (κ1) is 9.54. The van der Waals surface area contributed by atoms with E-state index in [1.165, 1.54) is 13.0 Å². The van der Waals surface area contributed by atoms with Gasteiger partial charge in [-0.2, -0.15) is 5.26 Å². The van der Waals surface area contributed by atoms with E-state index in [1.807, 2.05) is 0 Å². The first-order chi connectivity index (χ1) is 5.74. The third-order valence-corrected chi connectivity index (χ3v) is 2.68. The summed E-state index contributed by atoms with van der Waals surface area (Å²) in [6, 6.07) is 3.02. The van der Waals surface area contributed by atoms with Crippen LogP contribution >= 0.6 is 0 Å². The van der Waals surface area contributed by atoms with Crippen LogP contribution in [0.5, 0.6) is 0 Å². The molecule has 0 aliphatic carbocycles. The highest BCUT2D eigenvalue weighted by atomic mass is 15.1. The maximum atomic E-state index is 8.77. The summed E-state index contributed by atoms with van der Waals surface area (Å²) in [4.78, 5) is 2.47. The van der Waals surface area contributed by atoms with E-state index in [4.69, 9.17) is 5.26 Å². The molecule has 1 saturated heterocycles. The third-order valence-electron chi connectivity index (χ3n) is 2.68. The van der Waals surface area contributed by atoms with Crippen LogP contribution in [0.25, 0.3) is 0 Å². The van der Waals surface area contributed by atoms with Crippen LogP contribution in [0, 0.1) is 17.2 Å². The lowest BCUT2D eigenvalue weighted by atomic mass is 10.0. The van der Waals surface area contributed by atoms with Crippen molar-refractivity contribution < 1.29 is 0 Å². The molecule has 12 heavy (non-hydrogen) atoms. The summed E-state index contributed by atoms with van der Waals surface area (Å²) in [5, 5.41) is 8.77. The Balaban J connectivity index is 2.40. The van der Waals surface area contributed by atoms with Gasteiger partial charge in [-0.3, -0.25) is 0 Å². The van der Waals surface area contributed by atoms with E-state index in [2.05, 4.69) is 24.8 Å². The van der Waals surface area contributed by atoms with Crippen LogP contribution in [0.2, 0.25) is 0 Å². The number of nitriles is 1. The predicted octanol–water partition coefficient (Wildman–Crippen LogP) is 2.02. The van der Waals surface area contributed by atoms with Crippen LogP contribution < -0.4 is 0 Å². The second-order valence-corrected chi connectivity index (χ2v) is 3.89. The summed E-state index contributed by atoms with van der Waals surface area (Å²) >= 11 is 0. The monoisotopic (exact) mass is 166 g/mol. The Labute approximate surface area is 75.2 Å². The third kappa shape index (κ3) is 2.49. The zero-order valence-corrected chi connectivity index (χ0v) is 8.08. The molecule has 0 bridgehead atoms. The summed E-state index contributed by atoms with van der Waals surface area (Å²) in [7, 11) is 0. The molecule has 1 heterocycles. The van der Waals surface area contributed by atoms with Crippen LogP contribution in [-0.4, -0.2) is 24.0 Å². The van der Waals surface area contributed by atoms with Gasteiger partial charge in [-0.1, -0.05) is 0 Å². The van der Waals surface area contributed by atoms with Crippen molar-refractivity contribution in [3.05, 3.63) is 0 Å². The molecule has 0 aromatic carbocycles. The normalized spacial score (nSPS) is 26.7. The summed E-state index contributed by atoms with van der Waals surface area (Å²) in [5.74, 6) is 0.314. The first-order valence-corrected chi connectivity index (χ1v) is 4.87. The van der Waals surface area contributed by atoms with E-state index in [9.17, 15) is 0 Å². The number of nitrogens with zero attached hydrogens (tertiary/aromatic N) is 2. The summed E-state index contributed by atoms with van der Waals surface area (Å²) in [5.41, 5.74) is 0. The molecule has 68 valence electrons. The fourth-order valence-corrected chi connectivity index (χ4v) is 1.76. The molecule has 1 rings (SSSR count). The predicted molar refractivity (Wildman–Crippen MR) is 49.7 cm³/mol.